The number of benzene rings is 2. The first-order chi connectivity index (χ1) is 16.8. The van der Waals surface area contributed by atoms with E-state index in [9.17, 15) is 23.1 Å². The Morgan fingerprint density at radius 2 is 1.83 bits per heavy atom. The molecule has 0 bridgehead atoms. The van der Waals surface area contributed by atoms with Crippen molar-refractivity contribution in [1.29, 1.82) is 0 Å². The van der Waals surface area contributed by atoms with Crippen molar-refractivity contribution in [2.45, 2.75) is 51.2 Å². The maximum atomic E-state index is 14.7. The standard InChI is InChI=1S/C26H27F3N2O4/c1-14(17-4-3-5-18(24(17)27)25(28)29)31-20-10-11-30-21-13-22(34-2)23(12-19(20)21)35-16-8-6-15(7-9-16)26(32)33/h3-5,10-16,25H,6-9H2,1-2H3,(H,30,31)(H,32,33)/t14-,15?,16?/m1/s1. The molecule has 0 saturated heterocycles. The third kappa shape index (κ3) is 5.28. The molecule has 1 aromatic heterocycles. The van der Waals surface area contributed by atoms with Gasteiger partial charge in [0, 0.05) is 28.9 Å². The Bertz CT molecular complexity index is 1210. The molecule has 4 rings (SSSR count). The number of ether oxygens (including phenoxy) is 2. The van der Waals surface area contributed by atoms with Crippen molar-refractivity contribution in [1.82, 2.24) is 4.98 Å². The van der Waals surface area contributed by atoms with Gasteiger partial charge in [0.15, 0.2) is 11.5 Å². The summed E-state index contributed by atoms with van der Waals surface area (Å²) in [5.41, 5.74) is 0.746. The molecule has 0 aliphatic heterocycles. The Morgan fingerprint density at radius 1 is 1.11 bits per heavy atom. The van der Waals surface area contributed by atoms with Gasteiger partial charge in [0.1, 0.15) is 5.82 Å². The highest BCUT2D eigenvalue weighted by molar-refractivity contribution is 5.93. The summed E-state index contributed by atoms with van der Waals surface area (Å²) in [4.78, 5) is 15.6. The van der Waals surface area contributed by atoms with Crippen LogP contribution in [0.5, 0.6) is 11.5 Å². The summed E-state index contributed by atoms with van der Waals surface area (Å²) >= 11 is 0. The lowest BCUT2D eigenvalue weighted by Crippen LogP contribution is -2.27. The Labute approximate surface area is 201 Å². The summed E-state index contributed by atoms with van der Waals surface area (Å²) in [7, 11) is 1.53. The molecule has 1 saturated carbocycles. The van der Waals surface area contributed by atoms with Gasteiger partial charge in [-0.3, -0.25) is 9.78 Å². The number of nitrogens with zero attached hydrogens (tertiary/aromatic N) is 1. The second-order valence-electron chi connectivity index (χ2n) is 8.73. The first-order valence-electron chi connectivity index (χ1n) is 11.5. The van der Waals surface area contributed by atoms with E-state index in [0.29, 0.717) is 53.8 Å². The van der Waals surface area contributed by atoms with Gasteiger partial charge in [0.05, 0.1) is 36.3 Å². The minimum atomic E-state index is -2.90. The van der Waals surface area contributed by atoms with Crippen LogP contribution in [-0.4, -0.2) is 29.3 Å². The SMILES string of the molecule is COc1cc2nccc(N[C@H](C)c3cccc(C(F)F)c3F)c2cc1OC1CCC(C(=O)O)CC1. The van der Waals surface area contributed by atoms with Crippen LogP contribution in [0.4, 0.5) is 18.9 Å². The van der Waals surface area contributed by atoms with E-state index in [1.165, 1.54) is 19.2 Å². The molecule has 0 radical (unpaired) electrons. The molecule has 0 spiro atoms. The van der Waals surface area contributed by atoms with Gasteiger partial charge in [-0.1, -0.05) is 18.2 Å². The quantitative estimate of drug-likeness (QED) is 0.376. The van der Waals surface area contributed by atoms with Crippen LogP contribution in [0.25, 0.3) is 10.9 Å². The van der Waals surface area contributed by atoms with Crippen molar-refractivity contribution in [3.05, 3.63) is 59.5 Å². The van der Waals surface area contributed by atoms with Gasteiger partial charge in [-0.05, 0) is 44.7 Å². The third-order valence-corrected chi connectivity index (χ3v) is 6.48. The van der Waals surface area contributed by atoms with Crippen LogP contribution in [0.15, 0.2) is 42.6 Å². The summed E-state index contributed by atoms with van der Waals surface area (Å²) in [6.45, 7) is 1.70. The van der Waals surface area contributed by atoms with Gasteiger partial charge in [0.2, 0.25) is 0 Å². The molecular formula is C26H27F3N2O4. The average molecular weight is 489 g/mol. The van der Waals surface area contributed by atoms with E-state index >= 15 is 0 Å². The minimum Gasteiger partial charge on any atom is -0.493 e. The second kappa shape index (κ2) is 10.4. The molecule has 1 atom stereocenters. The lowest BCUT2D eigenvalue weighted by Gasteiger charge is -2.27. The van der Waals surface area contributed by atoms with Crippen LogP contribution < -0.4 is 14.8 Å². The number of carbonyl (C=O) groups is 1. The van der Waals surface area contributed by atoms with E-state index in [-0.39, 0.29) is 17.6 Å². The number of nitrogens with one attached hydrogen (secondary N) is 1. The number of carboxylic acids is 1. The number of rotatable bonds is 8. The second-order valence-corrected chi connectivity index (χ2v) is 8.73. The van der Waals surface area contributed by atoms with Gasteiger partial charge in [0.25, 0.3) is 6.43 Å². The molecular weight excluding hydrogens is 461 g/mol. The van der Waals surface area contributed by atoms with Gasteiger partial charge in [-0.15, -0.1) is 0 Å². The van der Waals surface area contributed by atoms with Gasteiger partial charge in [-0.25, -0.2) is 13.2 Å². The molecule has 186 valence electrons. The van der Waals surface area contributed by atoms with E-state index < -0.39 is 29.8 Å². The zero-order valence-electron chi connectivity index (χ0n) is 19.4. The fraction of sp³-hybridized carbons (Fsp3) is 0.385. The number of pyridine rings is 1. The van der Waals surface area contributed by atoms with E-state index in [0.717, 1.165) is 6.07 Å². The molecule has 1 fully saturated rings. The predicted molar refractivity (Wildman–Crippen MR) is 126 cm³/mol. The molecule has 6 nitrogen and oxygen atoms in total. The smallest absolute Gasteiger partial charge is 0.306 e. The minimum absolute atomic E-state index is 0.132. The van der Waals surface area contributed by atoms with Crippen molar-refractivity contribution < 1.29 is 32.5 Å². The van der Waals surface area contributed by atoms with Gasteiger partial charge >= 0.3 is 5.97 Å². The highest BCUT2D eigenvalue weighted by Crippen LogP contribution is 2.38. The van der Waals surface area contributed by atoms with Crippen LogP contribution >= 0.6 is 0 Å². The number of aliphatic carboxylic acids is 1. The Hall–Kier alpha value is -3.49. The number of carboxylic acid groups (broad SMARTS) is 1. The fourth-order valence-electron chi connectivity index (χ4n) is 4.52. The molecule has 9 heteroatoms. The Morgan fingerprint density at radius 3 is 2.49 bits per heavy atom. The normalized spacial score (nSPS) is 18.9. The molecule has 0 amide bonds. The summed E-state index contributed by atoms with van der Waals surface area (Å²) < 4.78 is 52.7. The van der Waals surface area contributed by atoms with Gasteiger partial charge in [-0.2, -0.15) is 0 Å². The molecule has 3 aromatic rings. The topological polar surface area (TPSA) is 80.7 Å². The van der Waals surface area contributed by atoms with E-state index in [2.05, 4.69) is 10.3 Å². The summed E-state index contributed by atoms with van der Waals surface area (Å²) in [6.07, 6.45) is 0.879. The number of methoxy groups -OCH3 is 1. The number of hydrogen-bond donors (Lipinski definition) is 2. The Balaban J connectivity index is 1.61. The zero-order chi connectivity index (χ0) is 25.1. The summed E-state index contributed by atoms with van der Waals surface area (Å²) in [5.74, 6) is -1.07. The molecule has 35 heavy (non-hydrogen) atoms. The molecule has 1 heterocycles. The first-order valence-corrected chi connectivity index (χ1v) is 11.5. The number of alkyl halides is 2. The summed E-state index contributed by atoms with van der Waals surface area (Å²) in [6, 6.07) is 8.62. The van der Waals surface area contributed by atoms with Crippen molar-refractivity contribution in [3.63, 3.8) is 0 Å². The number of hydrogen-bond acceptors (Lipinski definition) is 5. The number of fused-ring (bicyclic) bond motifs is 1. The lowest BCUT2D eigenvalue weighted by molar-refractivity contribution is -0.143. The van der Waals surface area contributed by atoms with Crippen LogP contribution in [0.1, 0.15) is 56.2 Å². The van der Waals surface area contributed by atoms with E-state index in [1.54, 1.807) is 31.3 Å². The first kappa shape index (κ1) is 24.6. The van der Waals surface area contributed by atoms with Crippen molar-refractivity contribution in [2.24, 2.45) is 5.92 Å². The molecule has 1 aliphatic rings. The van der Waals surface area contributed by atoms with Crippen LogP contribution in [0, 0.1) is 11.7 Å². The van der Waals surface area contributed by atoms with Crippen molar-refractivity contribution in [3.8, 4) is 11.5 Å². The average Bonchev–Trinajstić information content (AvgIpc) is 2.84. The zero-order valence-corrected chi connectivity index (χ0v) is 19.4. The number of halogens is 3. The van der Waals surface area contributed by atoms with Crippen LogP contribution in [0.2, 0.25) is 0 Å². The maximum absolute atomic E-state index is 14.7. The monoisotopic (exact) mass is 488 g/mol. The van der Waals surface area contributed by atoms with Crippen molar-refractivity contribution >= 4 is 22.6 Å². The van der Waals surface area contributed by atoms with E-state index in [1.807, 2.05) is 0 Å². The van der Waals surface area contributed by atoms with Gasteiger partial charge < -0.3 is 19.9 Å². The molecule has 2 N–H and O–H groups in total. The van der Waals surface area contributed by atoms with Crippen LogP contribution in [-0.2, 0) is 4.79 Å². The molecule has 2 aromatic carbocycles. The molecule has 1 aliphatic carbocycles. The largest absolute Gasteiger partial charge is 0.493 e. The fourth-order valence-corrected chi connectivity index (χ4v) is 4.52. The van der Waals surface area contributed by atoms with Crippen molar-refractivity contribution in [2.75, 3.05) is 12.4 Å². The summed E-state index contributed by atoms with van der Waals surface area (Å²) in [5, 5.41) is 13.1. The third-order valence-electron chi connectivity index (χ3n) is 6.48. The molecule has 0 unspecified atom stereocenters. The Kier molecular flexibility index (Phi) is 7.33. The van der Waals surface area contributed by atoms with Crippen LogP contribution in [0.3, 0.4) is 0 Å². The number of aromatic nitrogens is 1. The highest BCUT2D eigenvalue weighted by atomic mass is 19.3. The highest BCUT2D eigenvalue weighted by Gasteiger charge is 2.28. The van der Waals surface area contributed by atoms with E-state index in [4.69, 9.17) is 9.47 Å². The lowest BCUT2D eigenvalue weighted by atomic mass is 9.87. The maximum Gasteiger partial charge on any atom is 0.306 e. The predicted octanol–water partition coefficient (Wildman–Crippen LogP) is 6.52. The number of anilines is 1.